The van der Waals surface area contributed by atoms with Crippen molar-refractivity contribution in [2.45, 2.75) is 12.5 Å². The van der Waals surface area contributed by atoms with Crippen molar-refractivity contribution in [2.75, 3.05) is 12.0 Å². The molecule has 1 aromatic rings. The highest BCUT2D eigenvalue weighted by molar-refractivity contribution is 7.98. The number of nitrogens with one attached hydrogen (secondary N) is 1. The Morgan fingerprint density at radius 3 is 2.80 bits per heavy atom. The molecule has 0 fully saturated rings. The average molecular weight is 232 g/mol. The molecule has 1 unspecified atom stereocenters. The molecule has 84 valence electrons. The molecule has 0 saturated heterocycles. The van der Waals surface area contributed by atoms with Gasteiger partial charge in [0.25, 0.3) is 0 Å². The molecule has 0 heterocycles. The Hall–Kier alpha value is -0.650. The smallest absolute Gasteiger partial charge is 0.126 e. The summed E-state index contributed by atoms with van der Waals surface area (Å²) in [6.45, 7) is 0. The van der Waals surface area contributed by atoms with E-state index in [-0.39, 0.29) is 6.04 Å². The van der Waals surface area contributed by atoms with Crippen LogP contribution in [0.1, 0.15) is 5.56 Å². The van der Waals surface area contributed by atoms with Crippen LogP contribution >= 0.6 is 11.8 Å². The van der Waals surface area contributed by atoms with Crippen LogP contribution in [0.25, 0.3) is 0 Å². The third kappa shape index (κ3) is 3.77. The second-order valence-electron chi connectivity index (χ2n) is 3.26. The first-order valence-corrected chi connectivity index (χ1v) is 5.95. The van der Waals surface area contributed by atoms with Gasteiger partial charge in [0.2, 0.25) is 0 Å². The Bertz CT molecular complexity index is 320. The van der Waals surface area contributed by atoms with Gasteiger partial charge in [-0.25, -0.2) is 8.78 Å². The maximum absolute atomic E-state index is 13.3. The molecule has 5 heteroatoms. The molecule has 15 heavy (non-hydrogen) atoms. The standard InChI is InChI=1S/C10H14F2N2S/c1-15-6-9(14-13)5-7-4-8(11)2-3-10(7)12/h2-4,9,14H,5-6,13H2,1H3. The van der Waals surface area contributed by atoms with E-state index in [1.165, 1.54) is 6.07 Å². The normalized spacial score (nSPS) is 12.8. The summed E-state index contributed by atoms with van der Waals surface area (Å²) < 4.78 is 26.1. The number of thioether (sulfide) groups is 1. The van der Waals surface area contributed by atoms with E-state index in [4.69, 9.17) is 5.84 Å². The van der Waals surface area contributed by atoms with E-state index in [9.17, 15) is 8.78 Å². The molecule has 1 rings (SSSR count). The number of benzene rings is 1. The van der Waals surface area contributed by atoms with E-state index in [1.54, 1.807) is 11.8 Å². The summed E-state index contributed by atoms with van der Waals surface area (Å²) in [7, 11) is 0. The quantitative estimate of drug-likeness (QED) is 0.599. The molecule has 3 N–H and O–H groups in total. The minimum atomic E-state index is -0.425. The summed E-state index contributed by atoms with van der Waals surface area (Å²) in [5, 5.41) is 0. The van der Waals surface area contributed by atoms with Gasteiger partial charge >= 0.3 is 0 Å². The molecule has 1 atom stereocenters. The second kappa shape index (κ2) is 6.05. The summed E-state index contributed by atoms with van der Waals surface area (Å²) in [5.74, 6) is 5.26. The van der Waals surface area contributed by atoms with Crippen LogP contribution in [0.3, 0.4) is 0 Å². The number of hydrogen-bond donors (Lipinski definition) is 2. The maximum atomic E-state index is 13.3. The molecule has 1 aromatic carbocycles. The predicted octanol–water partition coefficient (Wildman–Crippen LogP) is 1.70. The molecule has 0 spiro atoms. The molecule has 0 saturated carbocycles. The van der Waals surface area contributed by atoms with Crippen molar-refractivity contribution in [1.82, 2.24) is 5.43 Å². The van der Waals surface area contributed by atoms with E-state index >= 15 is 0 Å². The number of hydrazine groups is 1. The van der Waals surface area contributed by atoms with Gasteiger partial charge in [0.1, 0.15) is 11.6 Å². The Morgan fingerprint density at radius 1 is 1.47 bits per heavy atom. The highest BCUT2D eigenvalue weighted by atomic mass is 32.2. The van der Waals surface area contributed by atoms with Crippen LogP contribution in [0.5, 0.6) is 0 Å². The number of hydrogen-bond acceptors (Lipinski definition) is 3. The Labute approximate surface area is 92.2 Å². The van der Waals surface area contributed by atoms with Crippen molar-refractivity contribution in [1.29, 1.82) is 0 Å². The van der Waals surface area contributed by atoms with Crippen LogP contribution in [-0.4, -0.2) is 18.1 Å². The fourth-order valence-electron chi connectivity index (χ4n) is 1.33. The lowest BCUT2D eigenvalue weighted by Gasteiger charge is -2.14. The van der Waals surface area contributed by atoms with Crippen molar-refractivity contribution >= 4 is 11.8 Å². The topological polar surface area (TPSA) is 38.0 Å². The first-order valence-electron chi connectivity index (χ1n) is 4.56. The van der Waals surface area contributed by atoms with Crippen LogP contribution in [0, 0.1) is 11.6 Å². The first kappa shape index (κ1) is 12.4. The van der Waals surface area contributed by atoms with Crippen LogP contribution in [-0.2, 0) is 6.42 Å². The summed E-state index contributed by atoms with van der Waals surface area (Å²) in [4.78, 5) is 0. The summed E-state index contributed by atoms with van der Waals surface area (Å²) in [6, 6.07) is 3.41. The van der Waals surface area contributed by atoms with Gasteiger partial charge in [-0.1, -0.05) is 0 Å². The van der Waals surface area contributed by atoms with Crippen molar-refractivity contribution in [3.05, 3.63) is 35.4 Å². The number of nitrogens with two attached hydrogens (primary N) is 1. The van der Waals surface area contributed by atoms with Crippen molar-refractivity contribution in [2.24, 2.45) is 5.84 Å². The Kier molecular flexibility index (Phi) is 5.01. The highest BCUT2D eigenvalue weighted by Crippen LogP contribution is 2.13. The van der Waals surface area contributed by atoms with Gasteiger partial charge in [-0.2, -0.15) is 11.8 Å². The van der Waals surface area contributed by atoms with E-state index in [1.807, 2.05) is 6.26 Å². The molecule has 0 aliphatic rings. The molecule has 0 aromatic heterocycles. The zero-order valence-electron chi connectivity index (χ0n) is 8.47. The van der Waals surface area contributed by atoms with E-state index in [0.717, 1.165) is 17.9 Å². The second-order valence-corrected chi connectivity index (χ2v) is 4.17. The van der Waals surface area contributed by atoms with Gasteiger partial charge in [-0.05, 0) is 36.4 Å². The minimum absolute atomic E-state index is 0.0451. The van der Waals surface area contributed by atoms with Gasteiger partial charge in [-0.15, -0.1) is 0 Å². The molecule has 0 amide bonds. The fraction of sp³-hybridized carbons (Fsp3) is 0.400. The molecule has 0 bridgehead atoms. The monoisotopic (exact) mass is 232 g/mol. The van der Waals surface area contributed by atoms with Crippen LogP contribution in [0.15, 0.2) is 18.2 Å². The molecular weight excluding hydrogens is 218 g/mol. The molecule has 0 radical (unpaired) electrons. The van der Waals surface area contributed by atoms with E-state index in [2.05, 4.69) is 5.43 Å². The highest BCUT2D eigenvalue weighted by Gasteiger charge is 2.11. The first-order chi connectivity index (χ1) is 7.17. The van der Waals surface area contributed by atoms with Gasteiger partial charge in [0, 0.05) is 11.8 Å². The fourth-order valence-corrected chi connectivity index (χ4v) is 1.95. The lowest BCUT2D eigenvalue weighted by Crippen LogP contribution is -2.38. The largest absolute Gasteiger partial charge is 0.271 e. The van der Waals surface area contributed by atoms with Gasteiger partial charge in [0.15, 0.2) is 0 Å². The van der Waals surface area contributed by atoms with Crippen molar-refractivity contribution in [3.8, 4) is 0 Å². The number of halogens is 2. The number of rotatable bonds is 5. The van der Waals surface area contributed by atoms with E-state index < -0.39 is 11.6 Å². The summed E-state index contributed by atoms with van der Waals surface area (Å²) in [6.07, 6.45) is 2.33. The molecule has 0 aliphatic heterocycles. The van der Waals surface area contributed by atoms with Crippen LogP contribution < -0.4 is 11.3 Å². The molecule has 2 nitrogen and oxygen atoms in total. The lowest BCUT2D eigenvalue weighted by atomic mass is 10.1. The van der Waals surface area contributed by atoms with Gasteiger partial charge in [0.05, 0.1) is 0 Å². The zero-order chi connectivity index (χ0) is 11.3. The molecule has 0 aliphatic carbocycles. The maximum Gasteiger partial charge on any atom is 0.126 e. The van der Waals surface area contributed by atoms with Gasteiger partial charge in [-0.3, -0.25) is 11.3 Å². The Morgan fingerprint density at radius 2 is 2.20 bits per heavy atom. The Balaban J connectivity index is 2.73. The lowest BCUT2D eigenvalue weighted by molar-refractivity contribution is 0.538. The predicted molar refractivity (Wildman–Crippen MR) is 59.6 cm³/mol. The SMILES string of the molecule is CSCC(Cc1cc(F)ccc1F)NN. The third-order valence-corrected chi connectivity index (χ3v) is 2.81. The van der Waals surface area contributed by atoms with Crippen LogP contribution in [0.2, 0.25) is 0 Å². The third-order valence-electron chi connectivity index (χ3n) is 2.08. The zero-order valence-corrected chi connectivity index (χ0v) is 9.28. The molecular formula is C10H14F2N2S. The van der Waals surface area contributed by atoms with Crippen molar-refractivity contribution < 1.29 is 8.78 Å². The van der Waals surface area contributed by atoms with E-state index in [0.29, 0.717) is 12.0 Å². The van der Waals surface area contributed by atoms with Crippen LogP contribution in [0.4, 0.5) is 8.78 Å². The minimum Gasteiger partial charge on any atom is -0.271 e. The summed E-state index contributed by atoms with van der Waals surface area (Å²) >= 11 is 1.60. The summed E-state index contributed by atoms with van der Waals surface area (Å²) in [5.41, 5.74) is 2.94. The average Bonchev–Trinajstić information content (AvgIpc) is 2.22. The van der Waals surface area contributed by atoms with Crippen molar-refractivity contribution in [3.63, 3.8) is 0 Å². The van der Waals surface area contributed by atoms with Gasteiger partial charge < -0.3 is 0 Å².